The topological polar surface area (TPSA) is 25.8 Å². The summed E-state index contributed by atoms with van der Waals surface area (Å²) in [5.74, 6) is 0. The van der Waals surface area contributed by atoms with Gasteiger partial charge >= 0.3 is 0 Å². The number of hydrogen-bond donors (Lipinski definition) is 0. The fraction of sp³-hybridized carbons (Fsp3) is 0.111. The lowest BCUT2D eigenvalue weighted by Gasteiger charge is -1.91. The van der Waals surface area contributed by atoms with E-state index < -0.39 is 0 Å². The minimum absolute atomic E-state index is 0.951. The van der Waals surface area contributed by atoms with Crippen LogP contribution in [0.2, 0.25) is 0 Å². The molecule has 3 heteroatoms. The maximum atomic E-state index is 4.32. The molecule has 2 aromatic heterocycles. The average Bonchev–Trinajstić information content (AvgIpc) is 2.54. The van der Waals surface area contributed by atoms with Gasteiger partial charge in [-0.1, -0.05) is 0 Å². The first-order valence-corrected chi connectivity index (χ1v) is 4.43. The zero-order valence-corrected chi connectivity index (χ0v) is 7.43. The first-order valence-electron chi connectivity index (χ1n) is 3.62. The highest BCUT2D eigenvalue weighted by molar-refractivity contribution is 7.12. The second kappa shape index (κ2) is 3.03. The van der Waals surface area contributed by atoms with Gasteiger partial charge in [-0.25, -0.2) is 4.98 Å². The highest BCUT2D eigenvalue weighted by Gasteiger charge is 2.00. The molecular formula is C9H7N2S. The first-order chi connectivity index (χ1) is 5.86. The summed E-state index contributed by atoms with van der Waals surface area (Å²) in [5.41, 5.74) is 2.06. The van der Waals surface area contributed by atoms with Gasteiger partial charge in [0.25, 0.3) is 0 Å². The van der Waals surface area contributed by atoms with E-state index in [1.807, 2.05) is 19.1 Å². The highest BCUT2D eigenvalue weighted by atomic mass is 32.1. The minimum Gasteiger partial charge on any atom is -0.265 e. The van der Waals surface area contributed by atoms with Gasteiger partial charge in [0.2, 0.25) is 0 Å². The minimum atomic E-state index is 0.951. The third kappa shape index (κ3) is 1.36. The van der Waals surface area contributed by atoms with Crippen LogP contribution in [0.25, 0.3) is 10.6 Å². The Morgan fingerprint density at radius 1 is 1.33 bits per heavy atom. The summed E-state index contributed by atoms with van der Waals surface area (Å²) in [5, 5.41) is 4.09. The van der Waals surface area contributed by atoms with E-state index in [1.165, 1.54) is 11.3 Å². The van der Waals surface area contributed by atoms with Crippen LogP contribution < -0.4 is 0 Å². The van der Waals surface area contributed by atoms with Crippen LogP contribution in [0.1, 0.15) is 5.69 Å². The lowest BCUT2D eigenvalue weighted by Crippen LogP contribution is -1.76. The second-order valence-electron chi connectivity index (χ2n) is 2.44. The van der Waals surface area contributed by atoms with Gasteiger partial charge in [0.05, 0.1) is 11.1 Å². The number of nitrogens with zero attached hydrogens (tertiary/aromatic N) is 2. The molecule has 2 rings (SSSR count). The molecule has 12 heavy (non-hydrogen) atoms. The summed E-state index contributed by atoms with van der Waals surface area (Å²) in [4.78, 5) is 8.26. The van der Waals surface area contributed by atoms with E-state index in [4.69, 9.17) is 0 Å². The van der Waals surface area contributed by atoms with Crippen molar-refractivity contribution in [3.8, 4) is 10.6 Å². The van der Waals surface area contributed by atoms with E-state index >= 15 is 0 Å². The maximum Gasteiger partial charge on any atom is 0.124 e. The summed E-state index contributed by atoms with van der Waals surface area (Å²) in [6, 6.07) is 3.90. The molecule has 2 nitrogen and oxygen atoms in total. The Labute approximate surface area is 74.9 Å². The number of rotatable bonds is 1. The SMILES string of the molecule is Cc1[c]sc(-c2ccncc2)n1. The monoisotopic (exact) mass is 175 g/mol. The van der Waals surface area contributed by atoms with Crippen LogP contribution in [0.5, 0.6) is 0 Å². The third-order valence-corrected chi connectivity index (χ3v) is 2.41. The maximum absolute atomic E-state index is 4.32. The predicted molar refractivity (Wildman–Crippen MR) is 48.9 cm³/mol. The van der Waals surface area contributed by atoms with Crippen molar-refractivity contribution in [2.75, 3.05) is 0 Å². The molecule has 0 atom stereocenters. The van der Waals surface area contributed by atoms with Crippen LogP contribution >= 0.6 is 11.3 Å². The molecule has 0 aromatic carbocycles. The molecule has 0 fully saturated rings. The largest absolute Gasteiger partial charge is 0.265 e. The van der Waals surface area contributed by atoms with E-state index in [9.17, 15) is 0 Å². The van der Waals surface area contributed by atoms with E-state index in [2.05, 4.69) is 15.3 Å². The second-order valence-corrected chi connectivity index (χ2v) is 3.24. The lowest BCUT2D eigenvalue weighted by molar-refractivity contribution is 1.25. The van der Waals surface area contributed by atoms with Crippen molar-refractivity contribution in [1.82, 2.24) is 9.97 Å². The van der Waals surface area contributed by atoms with E-state index in [0.29, 0.717) is 0 Å². The molecule has 0 saturated heterocycles. The molecule has 0 aliphatic heterocycles. The lowest BCUT2D eigenvalue weighted by atomic mass is 10.3. The Bertz CT molecular complexity index is 367. The van der Waals surface area contributed by atoms with Crippen molar-refractivity contribution < 1.29 is 0 Å². The summed E-state index contributed by atoms with van der Waals surface area (Å²) in [6.45, 7) is 1.95. The molecule has 2 aromatic rings. The van der Waals surface area contributed by atoms with Crippen molar-refractivity contribution in [3.05, 3.63) is 35.6 Å². The van der Waals surface area contributed by atoms with Crippen molar-refractivity contribution in [3.63, 3.8) is 0 Å². The molecule has 0 aliphatic carbocycles. The van der Waals surface area contributed by atoms with Gasteiger partial charge in [0.15, 0.2) is 0 Å². The molecule has 0 unspecified atom stereocenters. The van der Waals surface area contributed by atoms with Gasteiger partial charge in [-0.15, -0.1) is 11.3 Å². The number of aromatic nitrogens is 2. The third-order valence-electron chi connectivity index (χ3n) is 1.49. The van der Waals surface area contributed by atoms with Crippen LogP contribution in [0, 0.1) is 12.3 Å². The Balaban J connectivity index is 2.45. The molecule has 0 spiro atoms. The molecule has 59 valence electrons. The van der Waals surface area contributed by atoms with Crippen LogP contribution in [0.4, 0.5) is 0 Å². The summed E-state index contributed by atoms with van der Waals surface area (Å²) in [7, 11) is 0. The van der Waals surface area contributed by atoms with Crippen molar-refractivity contribution in [2.45, 2.75) is 6.92 Å². The summed E-state index contributed by atoms with van der Waals surface area (Å²) >= 11 is 1.54. The summed E-state index contributed by atoms with van der Waals surface area (Å²) in [6.07, 6.45) is 3.54. The molecule has 0 amide bonds. The normalized spacial score (nSPS) is 10.1. The van der Waals surface area contributed by atoms with E-state index in [0.717, 1.165) is 16.3 Å². The number of pyridine rings is 1. The Kier molecular flexibility index (Phi) is 1.87. The molecular weight excluding hydrogens is 168 g/mol. The molecule has 0 aliphatic rings. The summed E-state index contributed by atoms with van der Waals surface area (Å²) < 4.78 is 0. The molecule has 0 bridgehead atoms. The van der Waals surface area contributed by atoms with Crippen molar-refractivity contribution in [1.29, 1.82) is 0 Å². The number of thiazole rings is 1. The Morgan fingerprint density at radius 3 is 2.67 bits per heavy atom. The van der Waals surface area contributed by atoms with Crippen LogP contribution in [-0.4, -0.2) is 9.97 Å². The highest BCUT2D eigenvalue weighted by Crippen LogP contribution is 2.21. The zero-order valence-electron chi connectivity index (χ0n) is 6.61. The number of aryl methyl sites for hydroxylation is 1. The Morgan fingerprint density at radius 2 is 2.08 bits per heavy atom. The van der Waals surface area contributed by atoms with Crippen LogP contribution in [0.15, 0.2) is 24.5 Å². The smallest absolute Gasteiger partial charge is 0.124 e. The van der Waals surface area contributed by atoms with Gasteiger partial charge < -0.3 is 0 Å². The quantitative estimate of drug-likeness (QED) is 0.664. The first kappa shape index (κ1) is 7.43. The van der Waals surface area contributed by atoms with E-state index in [1.54, 1.807) is 12.4 Å². The predicted octanol–water partition coefficient (Wildman–Crippen LogP) is 2.31. The van der Waals surface area contributed by atoms with E-state index in [-0.39, 0.29) is 0 Å². The zero-order chi connectivity index (χ0) is 8.39. The fourth-order valence-corrected chi connectivity index (χ4v) is 1.66. The van der Waals surface area contributed by atoms with Gasteiger partial charge in [0.1, 0.15) is 5.01 Å². The number of hydrogen-bond acceptors (Lipinski definition) is 3. The fourth-order valence-electron chi connectivity index (χ4n) is 0.938. The van der Waals surface area contributed by atoms with Gasteiger partial charge in [-0.2, -0.15) is 0 Å². The molecule has 2 heterocycles. The van der Waals surface area contributed by atoms with Crippen molar-refractivity contribution >= 4 is 11.3 Å². The Hall–Kier alpha value is -1.22. The molecule has 0 saturated carbocycles. The molecule has 1 radical (unpaired) electrons. The van der Waals surface area contributed by atoms with Crippen molar-refractivity contribution in [2.24, 2.45) is 0 Å². The van der Waals surface area contributed by atoms with Gasteiger partial charge in [-0.05, 0) is 19.1 Å². The standard InChI is InChI=1S/C9H7N2S/c1-7-6-12-9(11-7)8-2-4-10-5-3-8/h2-5H,1H3. The van der Waals surface area contributed by atoms with Gasteiger partial charge in [0, 0.05) is 18.0 Å². The molecule has 0 N–H and O–H groups in total. The van der Waals surface area contributed by atoms with Crippen LogP contribution in [-0.2, 0) is 0 Å². The van der Waals surface area contributed by atoms with Gasteiger partial charge in [-0.3, -0.25) is 4.98 Å². The average molecular weight is 175 g/mol. The van der Waals surface area contributed by atoms with Crippen LogP contribution in [0.3, 0.4) is 0 Å².